The number of anilines is 1. The summed E-state index contributed by atoms with van der Waals surface area (Å²) in [5.41, 5.74) is 3.19. The van der Waals surface area contributed by atoms with Crippen molar-refractivity contribution in [3.63, 3.8) is 0 Å². The molecule has 3 atom stereocenters. The lowest BCUT2D eigenvalue weighted by Crippen LogP contribution is -2.40. The molecule has 1 aromatic carbocycles. The second kappa shape index (κ2) is 4.22. The van der Waals surface area contributed by atoms with Crippen LogP contribution >= 0.6 is 0 Å². The molecule has 2 heteroatoms. The predicted octanol–water partition coefficient (Wildman–Crippen LogP) is 4.86. The molecule has 0 amide bonds. The number of nitrogens with one attached hydrogen (secondary N) is 1. The van der Waals surface area contributed by atoms with Gasteiger partial charge in [-0.05, 0) is 60.3 Å². The van der Waals surface area contributed by atoms with Crippen LogP contribution in [0.5, 0.6) is 0 Å². The van der Waals surface area contributed by atoms with Crippen molar-refractivity contribution in [3.05, 3.63) is 36.5 Å². The molecule has 2 aliphatic rings. The molecule has 110 valence electrons. The highest BCUT2D eigenvalue weighted by atomic mass is 15.0. The first-order valence-corrected chi connectivity index (χ1v) is 8.12. The zero-order valence-electron chi connectivity index (χ0n) is 13.2. The lowest BCUT2D eigenvalue weighted by molar-refractivity contribution is 0.142. The fraction of sp³-hybridized carbons (Fsp3) is 0.526. The van der Waals surface area contributed by atoms with Crippen molar-refractivity contribution in [2.75, 3.05) is 5.32 Å². The summed E-state index contributed by atoms with van der Waals surface area (Å²) >= 11 is 0. The summed E-state index contributed by atoms with van der Waals surface area (Å²) in [5, 5.41) is 5.05. The molecule has 0 saturated heterocycles. The molecule has 2 fully saturated rings. The average molecular weight is 280 g/mol. The molecule has 3 unspecified atom stereocenters. The molecule has 0 radical (unpaired) electrons. The Bertz CT molecular complexity index is 691. The summed E-state index contributed by atoms with van der Waals surface area (Å²) in [6.07, 6.45) is 5.93. The molecular weight excluding hydrogens is 256 g/mol. The van der Waals surface area contributed by atoms with Gasteiger partial charge in [-0.3, -0.25) is 4.98 Å². The van der Waals surface area contributed by atoms with Crippen LogP contribution in [0.4, 0.5) is 5.69 Å². The molecule has 1 aromatic heterocycles. The van der Waals surface area contributed by atoms with Gasteiger partial charge in [0.25, 0.3) is 0 Å². The highest BCUT2D eigenvalue weighted by Gasteiger charge is 2.61. The van der Waals surface area contributed by atoms with Crippen molar-refractivity contribution in [1.82, 2.24) is 4.98 Å². The molecule has 21 heavy (non-hydrogen) atoms. The second-order valence-corrected chi connectivity index (χ2v) is 7.72. The van der Waals surface area contributed by atoms with Gasteiger partial charge in [-0.1, -0.05) is 26.8 Å². The predicted molar refractivity (Wildman–Crippen MR) is 88.4 cm³/mol. The van der Waals surface area contributed by atoms with E-state index in [1.807, 2.05) is 12.3 Å². The Hall–Kier alpha value is -1.57. The Kier molecular flexibility index (Phi) is 2.64. The molecule has 4 rings (SSSR count). The molecular formula is C19H24N2. The van der Waals surface area contributed by atoms with Gasteiger partial charge >= 0.3 is 0 Å². The monoisotopic (exact) mass is 280 g/mol. The number of rotatable bonds is 2. The summed E-state index contributed by atoms with van der Waals surface area (Å²) < 4.78 is 0. The maximum Gasteiger partial charge on any atom is 0.0703 e. The van der Waals surface area contributed by atoms with E-state index in [0.29, 0.717) is 16.9 Å². The fourth-order valence-corrected chi connectivity index (χ4v) is 4.79. The summed E-state index contributed by atoms with van der Waals surface area (Å²) in [6, 6.07) is 11.3. The summed E-state index contributed by atoms with van der Waals surface area (Å²) in [4.78, 5) is 4.40. The van der Waals surface area contributed by atoms with Gasteiger partial charge in [-0.2, -0.15) is 0 Å². The number of hydrogen-bond acceptors (Lipinski definition) is 2. The lowest BCUT2D eigenvalue weighted by atomic mass is 9.69. The average Bonchev–Trinajstić information content (AvgIpc) is 2.80. The molecule has 0 spiro atoms. The van der Waals surface area contributed by atoms with Crippen LogP contribution in [0.3, 0.4) is 0 Å². The Balaban J connectivity index is 1.64. The van der Waals surface area contributed by atoms with E-state index < -0.39 is 0 Å². The van der Waals surface area contributed by atoms with Crippen LogP contribution in [0, 0.1) is 16.7 Å². The highest BCUT2D eigenvalue weighted by molar-refractivity contribution is 5.82. The van der Waals surface area contributed by atoms with Crippen LogP contribution in [-0.2, 0) is 0 Å². The van der Waals surface area contributed by atoms with Gasteiger partial charge in [-0.15, -0.1) is 0 Å². The Morgan fingerprint density at radius 3 is 2.76 bits per heavy atom. The van der Waals surface area contributed by atoms with Crippen LogP contribution in [0.1, 0.15) is 40.0 Å². The van der Waals surface area contributed by atoms with Crippen molar-refractivity contribution in [1.29, 1.82) is 0 Å². The minimum atomic E-state index is 0.418. The summed E-state index contributed by atoms with van der Waals surface area (Å²) in [6.45, 7) is 7.42. The Morgan fingerprint density at radius 2 is 2.05 bits per heavy atom. The first-order chi connectivity index (χ1) is 10.0. The van der Waals surface area contributed by atoms with Crippen molar-refractivity contribution in [2.45, 2.75) is 46.1 Å². The SMILES string of the molecule is CC1(C)C2CCC1(C)C(Nc1ccc3ncccc3c1)C2. The zero-order chi connectivity index (χ0) is 14.7. The van der Waals surface area contributed by atoms with E-state index in [4.69, 9.17) is 0 Å². The third kappa shape index (κ3) is 1.74. The topological polar surface area (TPSA) is 24.9 Å². The maximum atomic E-state index is 4.40. The van der Waals surface area contributed by atoms with E-state index in [0.717, 1.165) is 11.4 Å². The van der Waals surface area contributed by atoms with Crippen molar-refractivity contribution < 1.29 is 0 Å². The third-order valence-electron chi connectivity index (χ3n) is 6.74. The number of aromatic nitrogens is 1. The maximum absolute atomic E-state index is 4.40. The molecule has 2 nitrogen and oxygen atoms in total. The number of fused-ring (bicyclic) bond motifs is 3. The first-order valence-electron chi connectivity index (χ1n) is 8.12. The molecule has 2 aromatic rings. The first kappa shape index (κ1) is 13.1. The van der Waals surface area contributed by atoms with Crippen LogP contribution in [0.15, 0.2) is 36.5 Å². The van der Waals surface area contributed by atoms with E-state index in [-0.39, 0.29) is 0 Å². The Morgan fingerprint density at radius 1 is 1.19 bits per heavy atom. The van der Waals surface area contributed by atoms with Gasteiger partial charge in [-0.25, -0.2) is 0 Å². The van der Waals surface area contributed by atoms with Gasteiger partial charge in [0.1, 0.15) is 0 Å². The second-order valence-electron chi connectivity index (χ2n) is 7.72. The smallest absolute Gasteiger partial charge is 0.0703 e. The van der Waals surface area contributed by atoms with Gasteiger partial charge in [0.15, 0.2) is 0 Å². The normalized spacial score (nSPS) is 33.5. The van der Waals surface area contributed by atoms with E-state index >= 15 is 0 Å². The van der Waals surface area contributed by atoms with E-state index in [1.165, 1.54) is 30.3 Å². The third-order valence-corrected chi connectivity index (χ3v) is 6.74. The standard InChI is InChI=1S/C19H24N2/c1-18(2)14-8-9-19(18,3)17(12-14)21-15-6-7-16-13(11-15)5-4-10-20-16/h4-7,10-11,14,17,21H,8-9,12H2,1-3H3. The molecule has 2 bridgehead atoms. The van der Waals surface area contributed by atoms with E-state index in [1.54, 1.807) is 0 Å². The van der Waals surface area contributed by atoms with Gasteiger partial charge < -0.3 is 5.32 Å². The van der Waals surface area contributed by atoms with Crippen LogP contribution in [0.25, 0.3) is 10.9 Å². The lowest BCUT2D eigenvalue weighted by Gasteiger charge is -2.40. The number of nitrogens with zero attached hydrogens (tertiary/aromatic N) is 1. The minimum Gasteiger partial charge on any atom is -0.382 e. The van der Waals surface area contributed by atoms with Gasteiger partial charge in [0, 0.05) is 23.3 Å². The van der Waals surface area contributed by atoms with Gasteiger partial charge in [0.05, 0.1) is 5.52 Å². The van der Waals surface area contributed by atoms with E-state index in [9.17, 15) is 0 Å². The number of benzene rings is 1. The summed E-state index contributed by atoms with van der Waals surface area (Å²) in [5.74, 6) is 0.877. The van der Waals surface area contributed by atoms with E-state index in [2.05, 4.69) is 55.3 Å². The number of pyridine rings is 1. The molecule has 1 N–H and O–H groups in total. The number of hydrogen-bond donors (Lipinski definition) is 1. The molecule has 2 saturated carbocycles. The fourth-order valence-electron chi connectivity index (χ4n) is 4.79. The quantitative estimate of drug-likeness (QED) is 0.849. The van der Waals surface area contributed by atoms with Crippen molar-refractivity contribution in [3.8, 4) is 0 Å². The molecule has 2 aliphatic carbocycles. The van der Waals surface area contributed by atoms with Crippen LogP contribution < -0.4 is 5.32 Å². The molecule has 0 aliphatic heterocycles. The van der Waals surface area contributed by atoms with Crippen LogP contribution in [-0.4, -0.2) is 11.0 Å². The highest BCUT2D eigenvalue weighted by Crippen LogP contribution is 2.65. The van der Waals surface area contributed by atoms with Crippen molar-refractivity contribution >= 4 is 16.6 Å². The van der Waals surface area contributed by atoms with Gasteiger partial charge in [0.2, 0.25) is 0 Å². The largest absolute Gasteiger partial charge is 0.382 e. The minimum absolute atomic E-state index is 0.418. The molecule has 1 heterocycles. The van der Waals surface area contributed by atoms with Crippen LogP contribution in [0.2, 0.25) is 0 Å². The van der Waals surface area contributed by atoms with Crippen molar-refractivity contribution in [2.24, 2.45) is 16.7 Å². The summed E-state index contributed by atoms with van der Waals surface area (Å²) in [7, 11) is 0. The Labute approximate surface area is 127 Å². The zero-order valence-corrected chi connectivity index (χ0v) is 13.2.